The van der Waals surface area contributed by atoms with Crippen molar-refractivity contribution in [3.8, 4) is 5.75 Å². The Bertz CT molecular complexity index is 669. The molecule has 6 nitrogen and oxygen atoms in total. The van der Waals surface area contributed by atoms with E-state index in [0.29, 0.717) is 22.5 Å². The molecular formula is C14H19BrClNO5S. The van der Waals surface area contributed by atoms with Crippen molar-refractivity contribution in [2.75, 3.05) is 20.8 Å². The first-order valence-electron chi connectivity index (χ1n) is 7.03. The summed E-state index contributed by atoms with van der Waals surface area (Å²) < 4.78 is 44.5. The van der Waals surface area contributed by atoms with E-state index < -0.39 is 10.0 Å². The van der Waals surface area contributed by atoms with E-state index in [1.807, 2.05) is 6.92 Å². The molecule has 3 atom stereocenters. The molecule has 0 unspecified atom stereocenters. The van der Waals surface area contributed by atoms with Gasteiger partial charge in [0.1, 0.15) is 4.90 Å². The summed E-state index contributed by atoms with van der Waals surface area (Å²) in [5.74, 6) is 0.205. The lowest BCUT2D eigenvalue weighted by molar-refractivity contribution is -0.126. The number of halogens is 2. The van der Waals surface area contributed by atoms with Gasteiger partial charge >= 0.3 is 0 Å². The number of benzene rings is 1. The van der Waals surface area contributed by atoms with Gasteiger partial charge in [0.15, 0.2) is 5.75 Å². The molecule has 0 radical (unpaired) electrons. The number of methoxy groups -OCH3 is 2. The van der Waals surface area contributed by atoms with Crippen LogP contribution in [0, 0.1) is 0 Å². The molecule has 0 aliphatic heterocycles. The molecule has 1 saturated carbocycles. The van der Waals surface area contributed by atoms with Crippen LogP contribution in [-0.2, 0) is 19.5 Å². The van der Waals surface area contributed by atoms with Gasteiger partial charge in [0, 0.05) is 18.7 Å². The zero-order chi connectivity index (χ0) is 17.2. The van der Waals surface area contributed by atoms with Gasteiger partial charge in [-0.05, 0) is 41.4 Å². The highest BCUT2D eigenvalue weighted by Crippen LogP contribution is 2.36. The van der Waals surface area contributed by atoms with Crippen LogP contribution in [0.2, 0.25) is 5.02 Å². The Balaban J connectivity index is 2.24. The molecule has 2 rings (SSSR count). The van der Waals surface area contributed by atoms with Gasteiger partial charge in [-0.2, -0.15) is 0 Å². The molecular weight excluding hydrogens is 410 g/mol. The third kappa shape index (κ3) is 4.00. The molecule has 1 aliphatic rings. The lowest BCUT2D eigenvalue weighted by Crippen LogP contribution is -2.60. The first-order chi connectivity index (χ1) is 10.8. The van der Waals surface area contributed by atoms with Crippen LogP contribution < -0.4 is 9.46 Å². The Morgan fingerprint density at radius 3 is 2.65 bits per heavy atom. The highest BCUT2D eigenvalue weighted by molar-refractivity contribution is 9.10. The van der Waals surface area contributed by atoms with Gasteiger partial charge in [0.05, 0.1) is 29.8 Å². The second-order valence-corrected chi connectivity index (χ2v) is 8.05. The van der Waals surface area contributed by atoms with Crippen molar-refractivity contribution in [2.24, 2.45) is 0 Å². The summed E-state index contributed by atoms with van der Waals surface area (Å²) in [7, 11) is -0.877. The maximum atomic E-state index is 12.7. The van der Waals surface area contributed by atoms with Crippen LogP contribution in [0.3, 0.4) is 0 Å². The molecule has 0 amide bonds. The summed E-state index contributed by atoms with van der Waals surface area (Å²) in [5, 5.41) is 0.294. The van der Waals surface area contributed by atoms with Crippen LogP contribution in [-0.4, -0.2) is 47.5 Å². The van der Waals surface area contributed by atoms with E-state index in [2.05, 4.69) is 20.7 Å². The molecule has 0 bridgehead atoms. The number of ether oxygens (including phenoxy) is 3. The number of nitrogens with one attached hydrogen (secondary N) is 1. The zero-order valence-electron chi connectivity index (χ0n) is 13.0. The first-order valence-corrected chi connectivity index (χ1v) is 9.69. The van der Waals surface area contributed by atoms with E-state index in [1.54, 1.807) is 6.07 Å². The van der Waals surface area contributed by atoms with Crippen molar-refractivity contribution in [1.29, 1.82) is 0 Å². The second-order valence-electron chi connectivity index (χ2n) is 5.08. The van der Waals surface area contributed by atoms with Crippen LogP contribution in [0.1, 0.15) is 13.3 Å². The number of sulfonamides is 1. The Morgan fingerprint density at radius 2 is 2.09 bits per heavy atom. The fourth-order valence-electron chi connectivity index (χ4n) is 2.59. The summed E-state index contributed by atoms with van der Waals surface area (Å²) in [6.07, 6.45) is 0.124. The molecule has 0 aromatic heterocycles. The average molecular weight is 429 g/mol. The van der Waals surface area contributed by atoms with Crippen molar-refractivity contribution in [3.05, 3.63) is 21.6 Å². The van der Waals surface area contributed by atoms with Crippen molar-refractivity contribution < 1.29 is 22.6 Å². The topological polar surface area (TPSA) is 73.9 Å². The fourth-order valence-corrected chi connectivity index (χ4v) is 5.23. The first kappa shape index (κ1) is 19.0. The predicted molar refractivity (Wildman–Crippen MR) is 90.6 cm³/mol. The Kier molecular flexibility index (Phi) is 6.32. The van der Waals surface area contributed by atoms with Gasteiger partial charge in [-0.1, -0.05) is 11.6 Å². The van der Waals surface area contributed by atoms with Crippen molar-refractivity contribution in [1.82, 2.24) is 4.72 Å². The average Bonchev–Trinajstić information content (AvgIpc) is 2.45. The third-order valence-electron chi connectivity index (χ3n) is 3.68. The normalized spacial score (nSPS) is 24.3. The van der Waals surface area contributed by atoms with E-state index >= 15 is 0 Å². The van der Waals surface area contributed by atoms with Crippen LogP contribution >= 0.6 is 27.5 Å². The molecule has 0 spiro atoms. The van der Waals surface area contributed by atoms with Crippen molar-refractivity contribution in [2.45, 2.75) is 36.5 Å². The summed E-state index contributed by atoms with van der Waals surface area (Å²) in [4.78, 5) is -0.0194. The van der Waals surface area contributed by atoms with Crippen molar-refractivity contribution in [3.63, 3.8) is 0 Å². The quantitative estimate of drug-likeness (QED) is 0.722. The molecule has 1 aliphatic carbocycles. The van der Waals surface area contributed by atoms with E-state index in [1.165, 1.54) is 20.3 Å². The van der Waals surface area contributed by atoms with Gasteiger partial charge in [0.25, 0.3) is 0 Å². The maximum absolute atomic E-state index is 12.7. The fraction of sp³-hybridized carbons (Fsp3) is 0.571. The van der Waals surface area contributed by atoms with Gasteiger partial charge in [-0.25, -0.2) is 13.1 Å². The molecule has 1 N–H and O–H groups in total. The van der Waals surface area contributed by atoms with E-state index in [9.17, 15) is 8.42 Å². The molecule has 130 valence electrons. The van der Waals surface area contributed by atoms with E-state index in [-0.39, 0.29) is 28.9 Å². The molecule has 0 heterocycles. The molecule has 1 aromatic carbocycles. The number of hydrogen-bond acceptors (Lipinski definition) is 5. The smallest absolute Gasteiger partial charge is 0.244 e. The minimum atomic E-state index is -3.81. The largest absolute Gasteiger partial charge is 0.494 e. The maximum Gasteiger partial charge on any atom is 0.244 e. The van der Waals surface area contributed by atoms with Gasteiger partial charge in [0.2, 0.25) is 10.0 Å². The van der Waals surface area contributed by atoms with Crippen molar-refractivity contribution >= 4 is 37.6 Å². The predicted octanol–water partition coefficient (Wildman–Crippen LogP) is 2.58. The van der Waals surface area contributed by atoms with E-state index in [4.69, 9.17) is 25.8 Å². The lowest BCUT2D eigenvalue weighted by atomic mass is 9.86. The van der Waals surface area contributed by atoms with Gasteiger partial charge < -0.3 is 14.2 Å². The molecule has 0 saturated heterocycles. The monoisotopic (exact) mass is 427 g/mol. The molecule has 9 heteroatoms. The standard InChI is InChI=1S/C14H19BrClNO5S/c1-4-22-11-7-10(14(11)21-3)17-23(18,19)12-6-8(16)5-9(15)13(12)20-2/h5-6,10-11,14,17H,4,7H2,1-3H3/t10-,11-,14-/m1/s1. The van der Waals surface area contributed by atoms with Crippen LogP contribution in [0.4, 0.5) is 0 Å². The Morgan fingerprint density at radius 1 is 1.39 bits per heavy atom. The Hall–Kier alpha value is -0.380. The summed E-state index contributed by atoms with van der Waals surface area (Å²) >= 11 is 9.22. The summed E-state index contributed by atoms with van der Waals surface area (Å²) in [6, 6.07) is 2.57. The zero-order valence-corrected chi connectivity index (χ0v) is 16.2. The Labute approximate surface area is 149 Å². The lowest BCUT2D eigenvalue weighted by Gasteiger charge is -2.43. The van der Waals surface area contributed by atoms with Gasteiger partial charge in [-0.3, -0.25) is 0 Å². The summed E-state index contributed by atoms with van der Waals surface area (Å²) in [6.45, 7) is 2.44. The van der Waals surface area contributed by atoms with E-state index in [0.717, 1.165) is 0 Å². The molecule has 23 heavy (non-hydrogen) atoms. The number of hydrogen-bond donors (Lipinski definition) is 1. The minimum absolute atomic E-state index is 0.0194. The third-order valence-corrected chi connectivity index (χ3v) is 5.98. The highest BCUT2D eigenvalue weighted by atomic mass is 79.9. The van der Waals surface area contributed by atoms with Crippen LogP contribution in [0.25, 0.3) is 0 Å². The SMILES string of the molecule is CCO[C@@H]1C[C@@H](NS(=O)(=O)c2cc(Cl)cc(Br)c2OC)[C@H]1OC. The molecule has 1 aromatic rings. The molecule has 1 fully saturated rings. The number of rotatable bonds is 7. The van der Waals surface area contributed by atoms with Crippen LogP contribution in [0.5, 0.6) is 5.75 Å². The minimum Gasteiger partial charge on any atom is -0.494 e. The van der Waals surface area contributed by atoms with Gasteiger partial charge in [-0.15, -0.1) is 0 Å². The van der Waals surface area contributed by atoms with Crippen LogP contribution in [0.15, 0.2) is 21.5 Å². The summed E-state index contributed by atoms with van der Waals surface area (Å²) in [5.41, 5.74) is 0. The highest BCUT2D eigenvalue weighted by Gasteiger charge is 2.44. The second kappa shape index (κ2) is 7.67.